The minimum atomic E-state index is -0.0526. The molecule has 3 heterocycles. The maximum Gasteiger partial charge on any atom is 0.321 e. The average molecular weight is 335 g/mol. The van der Waals surface area contributed by atoms with Gasteiger partial charge in [0.25, 0.3) is 0 Å². The van der Waals surface area contributed by atoms with Gasteiger partial charge in [-0.3, -0.25) is 0 Å². The Labute approximate surface area is 146 Å². The van der Waals surface area contributed by atoms with E-state index in [-0.39, 0.29) is 11.9 Å². The number of nitrogens with zero attached hydrogens (tertiary/aromatic N) is 4. The Morgan fingerprint density at radius 2 is 2.04 bits per heavy atom. The molecule has 2 amide bonds. The van der Waals surface area contributed by atoms with E-state index in [1.807, 2.05) is 59.8 Å². The molecular weight excluding hydrogens is 314 g/mol. The van der Waals surface area contributed by atoms with E-state index in [1.165, 1.54) is 5.56 Å². The highest BCUT2D eigenvalue weighted by Crippen LogP contribution is 2.28. The SMILES string of the molecule is Cc1ccc(NC(=O)N2CCC(c3nc4cccnc4n3C)C2)cc1. The number of imidazole rings is 1. The molecule has 1 aliphatic heterocycles. The number of nitrogens with one attached hydrogen (secondary N) is 1. The van der Waals surface area contributed by atoms with Gasteiger partial charge in [-0.1, -0.05) is 17.7 Å². The number of aromatic nitrogens is 3. The number of fused-ring (bicyclic) bond motifs is 1. The number of rotatable bonds is 2. The van der Waals surface area contributed by atoms with Gasteiger partial charge in [-0.15, -0.1) is 0 Å². The number of hydrogen-bond donors (Lipinski definition) is 1. The second-order valence-corrected chi connectivity index (χ2v) is 6.60. The lowest BCUT2D eigenvalue weighted by atomic mass is 10.1. The number of likely N-dealkylation sites (tertiary alicyclic amines) is 1. The summed E-state index contributed by atoms with van der Waals surface area (Å²) in [6.45, 7) is 3.44. The summed E-state index contributed by atoms with van der Waals surface area (Å²) in [5.74, 6) is 1.24. The largest absolute Gasteiger partial charge is 0.324 e. The van der Waals surface area contributed by atoms with E-state index < -0.39 is 0 Å². The van der Waals surface area contributed by atoms with Crippen LogP contribution in [0.2, 0.25) is 0 Å². The first-order valence-corrected chi connectivity index (χ1v) is 8.52. The minimum absolute atomic E-state index is 0.0526. The van der Waals surface area contributed by atoms with Crippen molar-refractivity contribution in [2.45, 2.75) is 19.3 Å². The number of carbonyl (C=O) groups excluding carboxylic acids is 1. The van der Waals surface area contributed by atoms with E-state index in [9.17, 15) is 4.79 Å². The van der Waals surface area contributed by atoms with Gasteiger partial charge in [0.15, 0.2) is 5.65 Å². The third-order valence-electron chi connectivity index (χ3n) is 4.81. The van der Waals surface area contributed by atoms with Crippen molar-refractivity contribution in [1.82, 2.24) is 19.4 Å². The van der Waals surface area contributed by atoms with E-state index in [0.717, 1.165) is 35.6 Å². The molecule has 0 spiro atoms. The van der Waals surface area contributed by atoms with E-state index in [2.05, 4.69) is 10.3 Å². The van der Waals surface area contributed by atoms with Gasteiger partial charge in [0, 0.05) is 37.9 Å². The van der Waals surface area contributed by atoms with E-state index in [1.54, 1.807) is 6.20 Å². The monoisotopic (exact) mass is 335 g/mol. The van der Waals surface area contributed by atoms with Crippen LogP contribution in [0.4, 0.5) is 10.5 Å². The maximum atomic E-state index is 12.5. The van der Waals surface area contributed by atoms with Crippen LogP contribution in [0, 0.1) is 6.92 Å². The van der Waals surface area contributed by atoms with Crippen LogP contribution >= 0.6 is 0 Å². The Morgan fingerprint density at radius 1 is 1.24 bits per heavy atom. The first-order chi connectivity index (χ1) is 12.1. The summed E-state index contributed by atoms with van der Waals surface area (Å²) in [4.78, 5) is 23.5. The molecule has 0 bridgehead atoms. The van der Waals surface area contributed by atoms with Crippen molar-refractivity contribution in [1.29, 1.82) is 0 Å². The second kappa shape index (κ2) is 6.20. The zero-order chi connectivity index (χ0) is 17.4. The van der Waals surface area contributed by atoms with E-state index in [0.29, 0.717) is 6.54 Å². The molecule has 1 atom stereocenters. The van der Waals surface area contributed by atoms with Gasteiger partial charge in [0.05, 0.1) is 0 Å². The van der Waals surface area contributed by atoms with Crippen LogP contribution in [-0.2, 0) is 7.05 Å². The zero-order valence-corrected chi connectivity index (χ0v) is 14.4. The third kappa shape index (κ3) is 2.95. The molecule has 0 aliphatic carbocycles. The Bertz CT molecular complexity index is 915. The van der Waals surface area contributed by atoms with Crippen molar-refractivity contribution in [3.05, 3.63) is 54.0 Å². The second-order valence-electron chi connectivity index (χ2n) is 6.60. The smallest absolute Gasteiger partial charge is 0.321 e. The van der Waals surface area contributed by atoms with Crippen molar-refractivity contribution < 1.29 is 4.79 Å². The molecule has 1 aliphatic rings. The standard InChI is InChI=1S/C19H21N5O/c1-13-5-7-15(8-6-13)21-19(25)24-11-9-14(12-24)17-22-16-4-3-10-20-18(16)23(17)2/h3-8,10,14H,9,11-12H2,1-2H3,(H,21,25). The van der Waals surface area contributed by atoms with Gasteiger partial charge in [-0.05, 0) is 37.6 Å². The highest BCUT2D eigenvalue weighted by Gasteiger charge is 2.30. The summed E-state index contributed by atoms with van der Waals surface area (Å²) >= 11 is 0. The van der Waals surface area contributed by atoms with E-state index >= 15 is 0 Å². The Balaban J connectivity index is 1.47. The van der Waals surface area contributed by atoms with Crippen LogP contribution in [0.3, 0.4) is 0 Å². The lowest BCUT2D eigenvalue weighted by molar-refractivity contribution is 0.222. The fourth-order valence-corrected chi connectivity index (χ4v) is 3.40. The Kier molecular flexibility index (Phi) is 3.87. The molecule has 1 saturated heterocycles. The quantitative estimate of drug-likeness (QED) is 0.781. The molecule has 128 valence electrons. The molecule has 1 aromatic carbocycles. The summed E-state index contributed by atoms with van der Waals surface area (Å²) in [6.07, 6.45) is 2.70. The van der Waals surface area contributed by atoms with Gasteiger partial charge in [-0.25, -0.2) is 14.8 Å². The van der Waals surface area contributed by atoms with Crippen LogP contribution in [0.5, 0.6) is 0 Å². The summed E-state index contributed by atoms with van der Waals surface area (Å²) < 4.78 is 2.04. The van der Waals surface area contributed by atoms with Crippen molar-refractivity contribution in [2.24, 2.45) is 7.05 Å². The minimum Gasteiger partial charge on any atom is -0.324 e. The Hall–Kier alpha value is -2.89. The van der Waals surface area contributed by atoms with Crippen molar-refractivity contribution in [3.63, 3.8) is 0 Å². The van der Waals surface area contributed by atoms with Crippen molar-refractivity contribution in [3.8, 4) is 0 Å². The average Bonchev–Trinajstić information content (AvgIpc) is 3.22. The summed E-state index contributed by atoms with van der Waals surface area (Å²) in [7, 11) is 1.99. The fourth-order valence-electron chi connectivity index (χ4n) is 3.40. The third-order valence-corrected chi connectivity index (χ3v) is 4.81. The molecule has 6 nitrogen and oxygen atoms in total. The summed E-state index contributed by atoms with van der Waals surface area (Å²) in [6, 6.07) is 11.7. The van der Waals surface area contributed by atoms with Gasteiger partial charge in [0.2, 0.25) is 0 Å². The summed E-state index contributed by atoms with van der Waals surface area (Å²) in [5.41, 5.74) is 3.79. The van der Waals surface area contributed by atoms with Gasteiger partial charge < -0.3 is 14.8 Å². The topological polar surface area (TPSA) is 63.1 Å². The highest BCUT2D eigenvalue weighted by molar-refractivity contribution is 5.89. The molecule has 1 fully saturated rings. The first-order valence-electron chi connectivity index (χ1n) is 8.52. The fraction of sp³-hybridized carbons (Fsp3) is 0.316. The molecule has 3 aromatic rings. The predicted molar refractivity (Wildman–Crippen MR) is 97.6 cm³/mol. The molecular formula is C19H21N5O. The van der Waals surface area contributed by atoms with Crippen LogP contribution in [-0.4, -0.2) is 38.6 Å². The van der Waals surface area contributed by atoms with Crippen molar-refractivity contribution >= 4 is 22.9 Å². The van der Waals surface area contributed by atoms with Crippen LogP contribution in [0.25, 0.3) is 11.2 Å². The number of urea groups is 1. The van der Waals surface area contributed by atoms with Crippen LogP contribution in [0.1, 0.15) is 23.7 Å². The number of benzene rings is 1. The Morgan fingerprint density at radius 3 is 2.80 bits per heavy atom. The molecule has 2 aromatic heterocycles. The lowest BCUT2D eigenvalue weighted by Crippen LogP contribution is -2.32. The number of hydrogen-bond acceptors (Lipinski definition) is 3. The predicted octanol–water partition coefficient (Wildman–Crippen LogP) is 3.30. The number of anilines is 1. The molecule has 25 heavy (non-hydrogen) atoms. The molecule has 0 radical (unpaired) electrons. The van der Waals surface area contributed by atoms with E-state index in [4.69, 9.17) is 4.98 Å². The maximum absolute atomic E-state index is 12.5. The van der Waals surface area contributed by atoms with Crippen molar-refractivity contribution in [2.75, 3.05) is 18.4 Å². The van der Waals surface area contributed by atoms with Gasteiger partial charge in [-0.2, -0.15) is 0 Å². The molecule has 0 saturated carbocycles. The molecule has 4 rings (SSSR count). The van der Waals surface area contributed by atoms with Gasteiger partial charge in [0.1, 0.15) is 11.3 Å². The molecule has 1 N–H and O–H groups in total. The number of amides is 2. The number of pyridine rings is 1. The van der Waals surface area contributed by atoms with Crippen LogP contribution < -0.4 is 5.32 Å². The summed E-state index contributed by atoms with van der Waals surface area (Å²) in [5, 5.41) is 2.97. The number of aryl methyl sites for hydroxylation is 2. The highest BCUT2D eigenvalue weighted by atomic mass is 16.2. The van der Waals surface area contributed by atoms with Crippen LogP contribution in [0.15, 0.2) is 42.6 Å². The molecule has 6 heteroatoms. The first kappa shape index (κ1) is 15.6. The van der Waals surface area contributed by atoms with Gasteiger partial charge >= 0.3 is 6.03 Å². The zero-order valence-electron chi connectivity index (χ0n) is 14.4. The number of carbonyl (C=O) groups is 1. The lowest BCUT2D eigenvalue weighted by Gasteiger charge is -2.17. The molecule has 1 unspecified atom stereocenters. The normalized spacial score (nSPS) is 17.2.